The second-order valence-electron chi connectivity index (χ2n) is 14.8. The Bertz CT molecular complexity index is 2010. The van der Waals surface area contributed by atoms with Crippen LogP contribution in [-0.4, -0.2) is 93.1 Å². The van der Waals surface area contributed by atoms with Gasteiger partial charge >= 0.3 is 6.09 Å². The summed E-state index contributed by atoms with van der Waals surface area (Å²) in [5.41, 5.74) is 4.50. The van der Waals surface area contributed by atoms with Crippen LogP contribution in [0.3, 0.4) is 0 Å². The minimum Gasteiger partial charge on any atom is -0.493 e. The standard InChI is InChI=1S/C42H46N4O8/c1-4-14-54-41(49)45-25-30-22-42(12-13-42)26-46(30)40(48)32-19-36(51-3)38(21-34(32)45)53-16-9-5-8-15-52-37-20-33-31(18-35(37)50-2)39(47)44-24-28-11-7-6-10-27(28)17-29(44)23-43-33/h4,6-7,10-11,18-21,23,29-30H,1,5,8-9,12-17,22,24-26H2,2-3H3/t29-,30-/m0/s1. The molecule has 0 unspecified atom stereocenters. The van der Waals surface area contributed by atoms with Crippen LogP contribution < -0.4 is 23.8 Å². The van der Waals surface area contributed by atoms with Crippen molar-refractivity contribution in [2.24, 2.45) is 10.4 Å². The summed E-state index contributed by atoms with van der Waals surface area (Å²) in [5.74, 6) is 1.73. The Hall–Kier alpha value is -5.52. The highest BCUT2D eigenvalue weighted by atomic mass is 16.6. The fraction of sp³-hybridized carbons (Fsp3) is 0.429. The molecule has 1 saturated heterocycles. The highest BCUT2D eigenvalue weighted by molar-refractivity contribution is 6.06. The average Bonchev–Trinajstić information content (AvgIpc) is 3.90. The number of unbranched alkanes of at least 4 members (excludes halogenated alkanes) is 2. The van der Waals surface area contributed by atoms with Gasteiger partial charge < -0.3 is 33.5 Å². The molecule has 12 nitrogen and oxygen atoms in total. The van der Waals surface area contributed by atoms with Crippen LogP contribution in [0, 0.1) is 5.41 Å². The number of hydrogen-bond acceptors (Lipinski definition) is 9. The first-order chi connectivity index (χ1) is 26.3. The molecule has 1 saturated carbocycles. The normalized spacial score (nSPS) is 20.1. The van der Waals surface area contributed by atoms with E-state index < -0.39 is 6.09 Å². The lowest BCUT2D eigenvalue weighted by atomic mass is 9.94. The number of nitrogens with zero attached hydrogens (tertiary/aromatic N) is 4. The first kappa shape index (κ1) is 35.5. The summed E-state index contributed by atoms with van der Waals surface area (Å²) in [6, 6.07) is 15.0. The van der Waals surface area contributed by atoms with Crippen molar-refractivity contribution in [3.05, 3.63) is 83.4 Å². The second kappa shape index (κ2) is 14.7. The number of benzene rings is 3. The molecule has 0 radical (unpaired) electrons. The number of anilines is 1. The molecular weight excluding hydrogens is 688 g/mol. The summed E-state index contributed by atoms with van der Waals surface area (Å²) in [6.07, 6.45) is 8.98. The van der Waals surface area contributed by atoms with Gasteiger partial charge in [0.15, 0.2) is 23.0 Å². The quantitative estimate of drug-likeness (QED) is 0.148. The minimum absolute atomic E-state index is 0.0713. The van der Waals surface area contributed by atoms with Gasteiger partial charge in [0.1, 0.15) is 6.61 Å². The molecule has 0 aromatic heterocycles. The van der Waals surface area contributed by atoms with Crippen LogP contribution in [0.5, 0.6) is 23.0 Å². The lowest BCUT2D eigenvalue weighted by Crippen LogP contribution is -2.44. The first-order valence-corrected chi connectivity index (χ1v) is 18.8. The summed E-state index contributed by atoms with van der Waals surface area (Å²) in [6.45, 7) is 6.16. The minimum atomic E-state index is -0.523. The fourth-order valence-corrected chi connectivity index (χ4v) is 8.23. The number of carbonyl (C=O) groups is 3. The lowest BCUT2D eigenvalue weighted by molar-refractivity contribution is 0.0702. The Morgan fingerprint density at radius 3 is 2.28 bits per heavy atom. The first-order valence-electron chi connectivity index (χ1n) is 18.8. The molecule has 2 atom stereocenters. The number of carbonyl (C=O) groups excluding carboxylic acids is 3. The summed E-state index contributed by atoms with van der Waals surface area (Å²) in [7, 11) is 3.11. The molecule has 3 amide bonds. The Kier molecular flexibility index (Phi) is 9.68. The van der Waals surface area contributed by atoms with Crippen LogP contribution in [0.25, 0.3) is 0 Å². The van der Waals surface area contributed by atoms with E-state index in [0.717, 1.165) is 50.5 Å². The van der Waals surface area contributed by atoms with Crippen LogP contribution in [0.2, 0.25) is 0 Å². The van der Waals surface area contributed by atoms with Crippen molar-refractivity contribution in [2.45, 2.75) is 63.6 Å². The van der Waals surface area contributed by atoms with Crippen LogP contribution in [0.15, 0.2) is 66.2 Å². The third kappa shape index (κ3) is 6.73. The van der Waals surface area contributed by atoms with E-state index in [9.17, 15) is 14.4 Å². The number of fused-ring (bicyclic) bond motifs is 5. The van der Waals surface area contributed by atoms with Crippen LogP contribution in [0.4, 0.5) is 16.2 Å². The zero-order valence-corrected chi connectivity index (χ0v) is 30.9. The highest BCUT2D eigenvalue weighted by Crippen LogP contribution is 2.56. The van der Waals surface area contributed by atoms with Crippen molar-refractivity contribution >= 4 is 35.5 Å². The van der Waals surface area contributed by atoms with Gasteiger partial charge in [0.25, 0.3) is 11.8 Å². The van der Waals surface area contributed by atoms with E-state index in [4.69, 9.17) is 28.7 Å². The molecule has 4 aliphatic heterocycles. The maximum atomic E-state index is 13.9. The second-order valence-corrected chi connectivity index (χ2v) is 14.8. The molecule has 282 valence electrons. The van der Waals surface area contributed by atoms with Gasteiger partial charge in [0.2, 0.25) is 0 Å². The van der Waals surface area contributed by atoms with Crippen molar-refractivity contribution in [1.82, 2.24) is 9.80 Å². The molecule has 12 heteroatoms. The maximum absolute atomic E-state index is 13.9. The van der Waals surface area contributed by atoms with Gasteiger partial charge in [-0.1, -0.05) is 36.9 Å². The number of aliphatic imine (C=N–C) groups is 1. The number of amides is 3. The SMILES string of the molecule is C=CCOC(=O)N1C[C@@H]2CC3(CC3)CN2C(=O)c2cc(OC)c(OCCCCCOc3cc4c(cc3OC)C(=O)N3Cc5ccccc5C[C@H]3C=N4)cc21. The van der Waals surface area contributed by atoms with E-state index in [1.807, 2.05) is 28.1 Å². The van der Waals surface area contributed by atoms with E-state index in [-0.39, 0.29) is 35.9 Å². The van der Waals surface area contributed by atoms with E-state index in [1.54, 1.807) is 43.4 Å². The molecule has 3 aromatic rings. The molecule has 5 aliphatic rings. The molecule has 0 N–H and O–H groups in total. The molecule has 1 aliphatic carbocycles. The third-order valence-corrected chi connectivity index (χ3v) is 11.3. The molecule has 8 rings (SSSR count). The summed E-state index contributed by atoms with van der Waals surface area (Å²) >= 11 is 0. The Morgan fingerprint density at radius 1 is 0.889 bits per heavy atom. The highest BCUT2D eigenvalue weighted by Gasteiger charge is 2.55. The Morgan fingerprint density at radius 2 is 1.57 bits per heavy atom. The third-order valence-electron chi connectivity index (χ3n) is 11.3. The topological polar surface area (TPSA) is 119 Å². The predicted molar refractivity (Wildman–Crippen MR) is 203 cm³/mol. The summed E-state index contributed by atoms with van der Waals surface area (Å²) in [4.78, 5) is 51.0. The number of rotatable bonds is 12. The van der Waals surface area contributed by atoms with Gasteiger partial charge in [0, 0.05) is 38.0 Å². The van der Waals surface area contributed by atoms with E-state index in [0.29, 0.717) is 78.3 Å². The Labute approximate surface area is 315 Å². The number of ether oxygens (including phenoxy) is 5. The van der Waals surface area contributed by atoms with Gasteiger partial charge in [-0.2, -0.15) is 0 Å². The van der Waals surface area contributed by atoms with Crippen LogP contribution >= 0.6 is 0 Å². The molecular formula is C42H46N4O8. The van der Waals surface area contributed by atoms with Gasteiger partial charge in [-0.3, -0.25) is 19.5 Å². The van der Waals surface area contributed by atoms with Gasteiger partial charge in [-0.15, -0.1) is 0 Å². The largest absolute Gasteiger partial charge is 0.493 e. The zero-order valence-electron chi connectivity index (χ0n) is 30.9. The van der Waals surface area contributed by atoms with Crippen molar-refractivity contribution < 1.29 is 38.1 Å². The van der Waals surface area contributed by atoms with E-state index >= 15 is 0 Å². The fourth-order valence-electron chi connectivity index (χ4n) is 8.23. The molecule has 0 bridgehead atoms. The zero-order chi connectivity index (χ0) is 37.4. The summed E-state index contributed by atoms with van der Waals surface area (Å²) < 4.78 is 29.2. The van der Waals surface area contributed by atoms with E-state index in [1.165, 1.54) is 11.6 Å². The van der Waals surface area contributed by atoms with Gasteiger partial charge in [0.05, 0.1) is 62.0 Å². The predicted octanol–water partition coefficient (Wildman–Crippen LogP) is 6.75. The maximum Gasteiger partial charge on any atom is 0.414 e. The smallest absolute Gasteiger partial charge is 0.414 e. The molecule has 2 fully saturated rings. The van der Waals surface area contributed by atoms with Crippen molar-refractivity contribution in [3.63, 3.8) is 0 Å². The van der Waals surface area contributed by atoms with Crippen molar-refractivity contribution in [1.29, 1.82) is 0 Å². The van der Waals surface area contributed by atoms with Crippen LogP contribution in [0.1, 0.15) is 70.4 Å². The van der Waals surface area contributed by atoms with Crippen molar-refractivity contribution in [3.8, 4) is 23.0 Å². The molecule has 3 aromatic carbocycles. The van der Waals surface area contributed by atoms with Crippen LogP contribution in [-0.2, 0) is 17.7 Å². The monoisotopic (exact) mass is 734 g/mol. The molecule has 1 spiro atoms. The Balaban J connectivity index is 0.891. The molecule has 54 heavy (non-hydrogen) atoms. The number of methoxy groups -OCH3 is 2. The summed E-state index contributed by atoms with van der Waals surface area (Å²) in [5, 5.41) is 0. The van der Waals surface area contributed by atoms with Crippen molar-refractivity contribution in [2.75, 3.05) is 52.0 Å². The number of hydrogen-bond donors (Lipinski definition) is 0. The molecule has 4 heterocycles. The van der Waals surface area contributed by atoms with E-state index in [2.05, 4.69) is 18.7 Å². The lowest BCUT2D eigenvalue weighted by Gasteiger charge is -2.34. The average molecular weight is 735 g/mol. The van der Waals surface area contributed by atoms with Gasteiger partial charge in [-0.25, -0.2) is 4.79 Å². The van der Waals surface area contributed by atoms with Gasteiger partial charge in [-0.05, 0) is 73.6 Å².